The Morgan fingerprint density at radius 2 is 1.85 bits per heavy atom. The van der Waals surface area contributed by atoms with Gasteiger partial charge >= 0.3 is 0 Å². The van der Waals surface area contributed by atoms with Gasteiger partial charge in [0.2, 0.25) is 11.8 Å². The van der Waals surface area contributed by atoms with E-state index in [1.165, 1.54) is 0 Å². The highest BCUT2D eigenvalue weighted by atomic mass is 35.5. The van der Waals surface area contributed by atoms with Crippen molar-refractivity contribution in [1.82, 2.24) is 9.80 Å². The normalized spacial score (nSPS) is 29.4. The van der Waals surface area contributed by atoms with E-state index in [-0.39, 0.29) is 48.0 Å². The summed E-state index contributed by atoms with van der Waals surface area (Å²) in [6.45, 7) is 16.7. The van der Waals surface area contributed by atoms with Gasteiger partial charge in [0, 0.05) is 35.6 Å². The van der Waals surface area contributed by atoms with Crippen molar-refractivity contribution in [3.05, 3.63) is 54.6 Å². The van der Waals surface area contributed by atoms with Crippen LogP contribution in [-0.4, -0.2) is 80.9 Å². The van der Waals surface area contributed by atoms with Gasteiger partial charge in [-0.25, -0.2) is 0 Å². The van der Waals surface area contributed by atoms with E-state index in [0.717, 1.165) is 12.8 Å². The molecule has 1 N–H and O–H groups in total. The summed E-state index contributed by atoms with van der Waals surface area (Å²) in [6, 6.07) is 5.66. The predicted molar refractivity (Wildman–Crippen MR) is 162 cm³/mol. The zero-order chi connectivity index (χ0) is 29.4. The molecule has 0 aliphatic carbocycles. The van der Waals surface area contributed by atoms with E-state index in [4.69, 9.17) is 11.6 Å². The lowest BCUT2D eigenvalue weighted by atomic mass is 9.65. The highest BCUT2D eigenvalue weighted by Gasteiger charge is 2.77. The van der Waals surface area contributed by atoms with Crippen molar-refractivity contribution < 1.29 is 19.5 Å². The number of hydrogen-bond donors (Lipinski definition) is 1. The molecule has 0 aromatic heterocycles. The van der Waals surface area contributed by atoms with Gasteiger partial charge in [0.25, 0.3) is 5.91 Å². The topological polar surface area (TPSA) is 81.2 Å². The fourth-order valence-corrected chi connectivity index (χ4v) is 9.67. The zero-order valence-electron chi connectivity index (χ0n) is 24.0. The summed E-state index contributed by atoms with van der Waals surface area (Å²) in [5, 5.41) is 11.0. The van der Waals surface area contributed by atoms with Gasteiger partial charge in [-0.05, 0) is 48.9 Å². The van der Waals surface area contributed by atoms with E-state index in [1.807, 2.05) is 20.8 Å². The van der Waals surface area contributed by atoms with Crippen LogP contribution in [0.3, 0.4) is 0 Å². The Labute approximate surface area is 247 Å². The predicted octanol–water partition coefficient (Wildman–Crippen LogP) is 4.64. The van der Waals surface area contributed by atoms with Crippen LogP contribution in [-0.2, 0) is 14.4 Å². The van der Waals surface area contributed by atoms with E-state index < -0.39 is 28.7 Å². The molecule has 3 aliphatic heterocycles. The summed E-state index contributed by atoms with van der Waals surface area (Å²) in [5.41, 5.74) is 0.657. The molecule has 1 spiro atoms. The summed E-state index contributed by atoms with van der Waals surface area (Å²) in [7, 11) is 0. The minimum atomic E-state index is -0.831. The number of aliphatic hydroxyl groups is 1. The van der Waals surface area contributed by atoms with Gasteiger partial charge in [0.15, 0.2) is 0 Å². The van der Waals surface area contributed by atoms with E-state index >= 15 is 0 Å². The Morgan fingerprint density at radius 3 is 2.40 bits per heavy atom. The number of halogens is 1. The first-order chi connectivity index (χ1) is 19.1. The Bertz CT molecular complexity index is 1140. The molecular formula is C31H42ClN3O4S. The molecule has 9 heteroatoms. The van der Waals surface area contributed by atoms with Crippen LogP contribution in [0.4, 0.5) is 5.69 Å². The Hall–Kier alpha value is -2.29. The molecule has 7 atom stereocenters. The lowest BCUT2D eigenvalue weighted by molar-refractivity contribution is -0.146. The molecule has 1 aromatic carbocycles. The lowest BCUT2D eigenvalue weighted by Crippen LogP contribution is -2.60. The minimum absolute atomic E-state index is 0.0285. The Balaban J connectivity index is 1.86. The summed E-state index contributed by atoms with van der Waals surface area (Å²) < 4.78 is -0.778. The second kappa shape index (κ2) is 12.3. The zero-order valence-corrected chi connectivity index (χ0v) is 25.5. The number of rotatable bonds is 12. The van der Waals surface area contributed by atoms with Crippen LogP contribution in [0.25, 0.3) is 0 Å². The molecule has 7 nitrogen and oxygen atoms in total. The smallest absolute Gasteiger partial charge is 0.251 e. The van der Waals surface area contributed by atoms with Gasteiger partial charge in [-0.15, -0.1) is 24.9 Å². The number of nitrogens with zero attached hydrogens (tertiary/aromatic N) is 3. The van der Waals surface area contributed by atoms with Gasteiger partial charge in [0.1, 0.15) is 6.04 Å². The first-order valence-electron chi connectivity index (χ1n) is 14.3. The summed E-state index contributed by atoms with van der Waals surface area (Å²) in [4.78, 5) is 48.5. The molecule has 3 saturated heterocycles. The van der Waals surface area contributed by atoms with Crippen molar-refractivity contribution in [2.45, 2.75) is 62.6 Å². The summed E-state index contributed by atoms with van der Waals surface area (Å²) in [6.07, 6.45) is 4.95. The van der Waals surface area contributed by atoms with Crippen LogP contribution in [0.2, 0.25) is 5.02 Å². The molecule has 3 fully saturated rings. The standard InChI is InChI=1S/C31H42ClN3O4S/c1-7-14-33(15-8-2)28(37)25-24-17-20(6)31(40-24)26(25)29(38)35(23(18-36)19(4)5)27(31)30(39)34(16-9-3)22-12-10-21(32)11-13-22/h7,9-13,19-20,23-27,36H,1,3,8,14-18H2,2,4-6H3/t20?,23-,24+,25-,26-,27?,31?/m0/s1. The van der Waals surface area contributed by atoms with Gasteiger partial charge in [-0.2, -0.15) is 0 Å². The largest absolute Gasteiger partial charge is 0.394 e. The van der Waals surface area contributed by atoms with E-state index in [1.54, 1.807) is 62.9 Å². The van der Waals surface area contributed by atoms with Gasteiger partial charge < -0.3 is 19.8 Å². The summed E-state index contributed by atoms with van der Waals surface area (Å²) in [5.74, 6) is -1.67. The molecule has 3 amide bonds. The van der Waals surface area contributed by atoms with Crippen LogP contribution >= 0.6 is 23.4 Å². The van der Waals surface area contributed by atoms with Crippen LogP contribution in [0.5, 0.6) is 0 Å². The minimum Gasteiger partial charge on any atom is -0.394 e. The molecule has 1 aromatic rings. The number of aliphatic hydroxyl groups excluding tert-OH is 1. The number of benzene rings is 1. The van der Waals surface area contributed by atoms with Crippen molar-refractivity contribution in [2.24, 2.45) is 23.7 Å². The van der Waals surface area contributed by atoms with Crippen LogP contribution in [0, 0.1) is 23.7 Å². The third-order valence-corrected chi connectivity index (χ3v) is 11.2. The SMILES string of the molecule is C=CCN(CCC)C(=O)[C@@H]1[C@H]2C(=O)N([C@@H](CO)C(C)C)C(C(=O)N(CC=C)c3ccc(Cl)cc3)C23S[C@@H]1CC3C. The number of carbonyl (C=O) groups is 3. The molecule has 40 heavy (non-hydrogen) atoms. The molecule has 0 saturated carbocycles. The Kier molecular flexibility index (Phi) is 9.42. The lowest BCUT2D eigenvalue weighted by Gasteiger charge is -2.43. The first kappa shape index (κ1) is 30.7. The maximum atomic E-state index is 14.8. The monoisotopic (exact) mass is 587 g/mol. The number of likely N-dealkylation sites (tertiary alicyclic amines) is 1. The average Bonchev–Trinajstić information content (AvgIpc) is 3.51. The van der Waals surface area contributed by atoms with Crippen LogP contribution in [0.1, 0.15) is 40.5 Å². The average molecular weight is 588 g/mol. The number of anilines is 1. The van der Waals surface area contributed by atoms with Crippen LogP contribution < -0.4 is 4.90 Å². The first-order valence-corrected chi connectivity index (χ1v) is 15.5. The highest BCUT2D eigenvalue weighted by molar-refractivity contribution is 8.02. The van der Waals surface area contributed by atoms with Crippen molar-refractivity contribution >= 4 is 46.8 Å². The second-order valence-electron chi connectivity index (χ2n) is 11.6. The van der Waals surface area contributed by atoms with E-state index in [0.29, 0.717) is 23.8 Å². The van der Waals surface area contributed by atoms with Crippen molar-refractivity contribution in [3.8, 4) is 0 Å². The van der Waals surface area contributed by atoms with E-state index in [2.05, 4.69) is 20.1 Å². The quantitative estimate of drug-likeness (QED) is 0.360. The van der Waals surface area contributed by atoms with Gasteiger partial charge in [-0.3, -0.25) is 14.4 Å². The van der Waals surface area contributed by atoms with Gasteiger partial charge in [-0.1, -0.05) is 51.4 Å². The molecule has 3 unspecified atom stereocenters. The maximum absolute atomic E-state index is 14.8. The molecule has 3 aliphatic rings. The van der Waals surface area contributed by atoms with Crippen molar-refractivity contribution in [1.29, 1.82) is 0 Å². The molecular weight excluding hydrogens is 546 g/mol. The maximum Gasteiger partial charge on any atom is 0.251 e. The number of hydrogen-bond acceptors (Lipinski definition) is 5. The fraction of sp³-hybridized carbons (Fsp3) is 0.581. The van der Waals surface area contributed by atoms with Gasteiger partial charge in [0.05, 0.1) is 29.2 Å². The fourth-order valence-electron chi connectivity index (χ4n) is 7.15. The number of thioether (sulfide) groups is 1. The molecule has 218 valence electrons. The third-order valence-electron chi connectivity index (χ3n) is 8.89. The van der Waals surface area contributed by atoms with Crippen LogP contribution in [0.15, 0.2) is 49.6 Å². The number of carbonyl (C=O) groups excluding carboxylic acids is 3. The third kappa shape index (κ3) is 4.90. The molecule has 2 bridgehead atoms. The van der Waals surface area contributed by atoms with Crippen molar-refractivity contribution in [2.75, 3.05) is 31.1 Å². The van der Waals surface area contributed by atoms with E-state index in [9.17, 15) is 19.5 Å². The van der Waals surface area contributed by atoms with Crippen molar-refractivity contribution in [3.63, 3.8) is 0 Å². The highest BCUT2D eigenvalue weighted by Crippen LogP contribution is 2.69. The molecule has 0 radical (unpaired) electrons. The summed E-state index contributed by atoms with van der Waals surface area (Å²) >= 11 is 7.80. The number of amides is 3. The molecule has 4 rings (SSSR count). The second-order valence-corrected chi connectivity index (χ2v) is 13.6. The Morgan fingerprint density at radius 1 is 1.20 bits per heavy atom. The molecule has 3 heterocycles. The number of fused-ring (bicyclic) bond motifs is 1.